The number of rotatable bonds is 6. The molecular formula is C24H19Cl2N3O3. The molecule has 4 aromatic rings. The molecule has 0 bridgehead atoms. The fourth-order valence-corrected chi connectivity index (χ4v) is 3.69. The minimum Gasteiger partial charge on any atom is -0.388 e. The number of halogens is 2. The van der Waals surface area contributed by atoms with E-state index < -0.39 is 6.10 Å². The molecule has 0 aliphatic heterocycles. The van der Waals surface area contributed by atoms with Gasteiger partial charge >= 0.3 is 0 Å². The molecule has 1 atom stereocenters. The van der Waals surface area contributed by atoms with Crippen molar-refractivity contribution in [1.29, 1.82) is 0 Å². The highest BCUT2D eigenvalue weighted by atomic mass is 35.5. The van der Waals surface area contributed by atoms with Gasteiger partial charge in [0.25, 0.3) is 5.56 Å². The van der Waals surface area contributed by atoms with Gasteiger partial charge in [-0.25, -0.2) is 4.98 Å². The third-order valence-electron chi connectivity index (χ3n) is 5.01. The summed E-state index contributed by atoms with van der Waals surface area (Å²) in [5, 5.41) is 14.2. The van der Waals surface area contributed by atoms with Crippen molar-refractivity contribution in [1.82, 2.24) is 9.55 Å². The number of nitrogens with zero attached hydrogens (tertiary/aromatic N) is 2. The van der Waals surface area contributed by atoms with E-state index in [9.17, 15) is 14.7 Å². The van der Waals surface area contributed by atoms with Crippen LogP contribution >= 0.6 is 23.2 Å². The van der Waals surface area contributed by atoms with Crippen LogP contribution in [0.15, 0.2) is 77.9 Å². The Kier molecular flexibility index (Phi) is 6.55. The van der Waals surface area contributed by atoms with Crippen LogP contribution in [0.2, 0.25) is 10.0 Å². The number of aliphatic hydroxyl groups is 1. The molecule has 6 nitrogen and oxygen atoms in total. The van der Waals surface area contributed by atoms with Crippen LogP contribution in [0.3, 0.4) is 0 Å². The molecule has 8 heteroatoms. The summed E-state index contributed by atoms with van der Waals surface area (Å²) in [7, 11) is 0. The van der Waals surface area contributed by atoms with Crippen LogP contribution in [0.4, 0.5) is 5.69 Å². The van der Waals surface area contributed by atoms with E-state index in [0.717, 1.165) is 5.56 Å². The molecule has 0 unspecified atom stereocenters. The summed E-state index contributed by atoms with van der Waals surface area (Å²) in [6.45, 7) is 0.276. The molecule has 0 spiro atoms. The second-order valence-corrected chi connectivity index (χ2v) is 8.15. The quantitative estimate of drug-likeness (QED) is 0.425. The number of nitrogens with one attached hydrogen (secondary N) is 1. The van der Waals surface area contributed by atoms with E-state index in [1.165, 1.54) is 10.9 Å². The van der Waals surface area contributed by atoms with Gasteiger partial charge in [0.1, 0.15) is 0 Å². The van der Waals surface area contributed by atoms with E-state index in [-0.39, 0.29) is 24.4 Å². The van der Waals surface area contributed by atoms with Crippen LogP contribution in [-0.2, 0) is 11.3 Å². The van der Waals surface area contributed by atoms with Gasteiger partial charge in [-0.1, -0.05) is 59.6 Å². The normalized spacial score (nSPS) is 12.0. The fraction of sp³-hybridized carbons (Fsp3) is 0.125. The zero-order valence-electron chi connectivity index (χ0n) is 16.8. The summed E-state index contributed by atoms with van der Waals surface area (Å²) in [5.41, 5.74) is 2.19. The Hall–Kier alpha value is -3.19. The Labute approximate surface area is 194 Å². The van der Waals surface area contributed by atoms with E-state index in [1.54, 1.807) is 60.7 Å². The van der Waals surface area contributed by atoms with Gasteiger partial charge in [-0.3, -0.25) is 14.2 Å². The molecule has 4 rings (SSSR count). The molecule has 162 valence electrons. The van der Waals surface area contributed by atoms with Crippen LogP contribution in [0.25, 0.3) is 10.9 Å². The van der Waals surface area contributed by atoms with Gasteiger partial charge in [0.05, 0.1) is 46.3 Å². The summed E-state index contributed by atoms with van der Waals surface area (Å²) in [5.74, 6) is -0.360. The molecule has 0 fully saturated rings. The third-order valence-corrected chi connectivity index (χ3v) is 5.75. The molecule has 1 amide bonds. The maximum Gasteiger partial charge on any atom is 0.261 e. The Morgan fingerprint density at radius 3 is 2.56 bits per heavy atom. The highest BCUT2D eigenvalue weighted by Crippen LogP contribution is 2.23. The van der Waals surface area contributed by atoms with Crippen molar-refractivity contribution in [2.45, 2.75) is 19.1 Å². The third kappa shape index (κ3) is 4.99. The molecule has 2 N–H and O–H groups in total. The Bertz CT molecular complexity index is 1340. The van der Waals surface area contributed by atoms with Crippen LogP contribution in [0.1, 0.15) is 23.7 Å². The molecule has 0 aliphatic rings. The molecule has 0 aliphatic carbocycles. The number of carbonyl (C=O) groups is 1. The molecule has 0 saturated heterocycles. The minimum atomic E-state index is -0.915. The zero-order valence-corrected chi connectivity index (χ0v) is 18.3. The predicted octanol–water partition coefficient (Wildman–Crippen LogP) is 4.81. The van der Waals surface area contributed by atoms with Crippen molar-refractivity contribution in [2.24, 2.45) is 0 Å². The largest absolute Gasteiger partial charge is 0.388 e. The number of fused-ring (bicyclic) bond motifs is 1. The van der Waals surface area contributed by atoms with Crippen LogP contribution in [0.5, 0.6) is 0 Å². The Balaban J connectivity index is 1.53. The lowest BCUT2D eigenvalue weighted by Gasteiger charge is -2.12. The van der Waals surface area contributed by atoms with E-state index >= 15 is 0 Å². The van der Waals surface area contributed by atoms with E-state index in [2.05, 4.69) is 10.3 Å². The van der Waals surface area contributed by atoms with Gasteiger partial charge in [-0.05, 0) is 41.5 Å². The first-order chi connectivity index (χ1) is 15.4. The number of amides is 1. The topological polar surface area (TPSA) is 84.2 Å². The number of aromatic nitrogens is 2. The Morgan fingerprint density at radius 1 is 1.03 bits per heavy atom. The number of aliphatic hydroxyl groups excluding tert-OH is 1. The molecule has 0 radical (unpaired) electrons. The molecular weight excluding hydrogens is 449 g/mol. The zero-order chi connectivity index (χ0) is 22.7. The summed E-state index contributed by atoms with van der Waals surface area (Å²) < 4.78 is 1.46. The summed E-state index contributed by atoms with van der Waals surface area (Å²) in [6.07, 6.45) is 0.458. The summed E-state index contributed by atoms with van der Waals surface area (Å²) >= 11 is 12.0. The number of hydrogen-bond acceptors (Lipinski definition) is 4. The van der Waals surface area contributed by atoms with E-state index in [0.29, 0.717) is 32.2 Å². The molecule has 0 saturated carbocycles. The highest BCUT2D eigenvalue weighted by Gasteiger charge is 2.14. The van der Waals surface area contributed by atoms with Crippen molar-refractivity contribution in [3.05, 3.63) is 105 Å². The Morgan fingerprint density at radius 2 is 1.81 bits per heavy atom. The summed E-state index contributed by atoms with van der Waals surface area (Å²) in [4.78, 5) is 29.7. The monoisotopic (exact) mass is 467 g/mol. The van der Waals surface area contributed by atoms with E-state index in [1.807, 2.05) is 6.07 Å². The van der Waals surface area contributed by atoms with Crippen molar-refractivity contribution >= 4 is 45.7 Å². The van der Waals surface area contributed by atoms with E-state index in [4.69, 9.17) is 23.2 Å². The lowest BCUT2D eigenvalue weighted by molar-refractivity contribution is -0.118. The van der Waals surface area contributed by atoms with Crippen molar-refractivity contribution < 1.29 is 9.90 Å². The molecule has 32 heavy (non-hydrogen) atoms. The smallest absolute Gasteiger partial charge is 0.261 e. The van der Waals surface area contributed by atoms with Gasteiger partial charge in [0, 0.05) is 5.69 Å². The first-order valence-electron chi connectivity index (χ1n) is 9.87. The number of hydrogen-bond donors (Lipinski definition) is 2. The van der Waals surface area contributed by atoms with Crippen molar-refractivity contribution in [3.8, 4) is 0 Å². The van der Waals surface area contributed by atoms with Gasteiger partial charge in [0.2, 0.25) is 5.91 Å². The fourth-order valence-electron chi connectivity index (χ4n) is 3.36. The first-order valence-corrected chi connectivity index (χ1v) is 10.6. The standard InChI is InChI=1S/C24H19Cl2N3O3/c25-19-8-6-15(10-20(19)26)13-29-14-27-21-9-7-17(11-18(21)24(29)32)28-23(31)12-22(30)16-4-2-1-3-5-16/h1-11,14,22,30H,12-13H2,(H,28,31)/t22-/m1/s1. The van der Waals surface area contributed by atoms with Crippen LogP contribution in [-0.4, -0.2) is 20.6 Å². The molecule has 1 aromatic heterocycles. The second-order valence-electron chi connectivity index (χ2n) is 7.34. The average Bonchev–Trinajstić information content (AvgIpc) is 2.79. The summed E-state index contributed by atoms with van der Waals surface area (Å²) in [6, 6.07) is 19.1. The minimum absolute atomic E-state index is 0.101. The van der Waals surface area contributed by atoms with Gasteiger partial charge in [0.15, 0.2) is 0 Å². The molecule has 1 heterocycles. The van der Waals surface area contributed by atoms with Crippen LogP contribution < -0.4 is 10.9 Å². The first kappa shape index (κ1) is 22.0. The predicted molar refractivity (Wildman–Crippen MR) is 126 cm³/mol. The number of benzene rings is 3. The van der Waals surface area contributed by atoms with Crippen LogP contribution in [0, 0.1) is 0 Å². The SMILES string of the molecule is O=C(C[C@@H](O)c1ccccc1)Nc1ccc2ncn(Cc3ccc(Cl)c(Cl)c3)c(=O)c2c1. The van der Waals surface area contributed by atoms with Gasteiger partial charge in [-0.15, -0.1) is 0 Å². The second kappa shape index (κ2) is 9.53. The van der Waals surface area contributed by atoms with Crippen molar-refractivity contribution in [2.75, 3.05) is 5.32 Å². The average molecular weight is 468 g/mol. The maximum atomic E-state index is 13.0. The molecule has 3 aromatic carbocycles. The lowest BCUT2D eigenvalue weighted by Crippen LogP contribution is -2.21. The lowest BCUT2D eigenvalue weighted by atomic mass is 10.1. The van der Waals surface area contributed by atoms with Gasteiger partial charge < -0.3 is 10.4 Å². The van der Waals surface area contributed by atoms with Crippen molar-refractivity contribution in [3.63, 3.8) is 0 Å². The maximum absolute atomic E-state index is 13.0. The number of anilines is 1. The highest BCUT2D eigenvalue weighted by molar-refractivity contribution is 6.42. The van der Waals surface area contributed by atoms with Gasteiger partial charge in [-0.2, -0.15) is 0 Å². The number of carbonyl (C=O) groups excluding carboxylic acids is 1.